The van der Waals surface area contributed by atoms with Gasteiger partial charge in [0.25, 0.3) is 0 Å². The molecular weight excluding hydrogens is 94.1 g/mol. The molecule has 1 nitrogen and oxygen atoms in total. The van der Waals surface area contributed by atoms with Crippen molar-refractivity contribution in [3.63, 3.8) is 0 Å². The van der Waals surface area contributed by atoms with E-state index in [-0.39, 0.29) is 0 Å². The van der Waals surface area contributed by atoms with E-state index in [9.17, 15) is 0 Å². The Morgan fingerprint density at radius 1 is 1.83 bits per heavy atom. The van der Waals surface area contributed by atoms with Gasteiger partial charge in [0.15, 0.2) is 0 Å². The van der Waals surface area contributed by atoms with E-state index in [1.165, 1.54) is 0 Å². The van der Waals surface area contributed by atoms with Crippen molar-refractivity contribution in [2.75, 3.05) is 0 Å². The molecule has 1 heterocycles. The Balaban J connectivity index is 2.38. The SMILES string of the molecule is CC1N=C[CH]S1. The van der Waals surface area contributed by atoms with Gasteiger partial charge in [-0.3, -0.25) is 4.99 Å². The Hall–Kier alpha value is 0.0200. The Kier molecular flexibility index (Phi) is 1.15. The van der Waals surface area contributed by atoms with E-state index in [4.69, 9.17) is 0 Å². The number of thioether (sulfide) groups is 1. The lowest BCUT2D eigenvalue weighted by atomic mass is 10.8. The maximum Gasteiger partial charge on any atom is 0.0926 e. The predicted octanol–water partition coefficient (Wildman–Crippen LogP) is 1.31. The van der Waals surface area contributed by atoms with E-state index in [0.29, 0.717) is 5.37 Å². The molecule has 1 rings (SSSR count). The quantitative estimate of drug-likeness (QED) is 0.447. The van der Waals surface area contributed by atoms with Crippen molar-refractivity contribution >= 4 is 18.0 Å². The smallest absolute Gasteiger partial charge is 0.0926 e. The van der Waals surface area contributed by atoms with Crippen LogP contribution in [0.4, 0.5) is 0 Å². The molecule has 2 heteroatoms. The molecule has 1 unspecified atom stereocenters. The highest BCUT2D eigenvalue weighted by Crippen LogP contribution is 2.18. The van der Waals surface area contributed by atoms with Gasteiger partial charge in [0, 0.05) is 6.21 Å². The minimum absolute atomic E-state index is 0.477. The van der Waals surface area contributed by atoms with Crippen molar-refractivity contribution in [3.05, 3.63) is 5.75 Å². The monoisotopic (exact) mass is 100 g/mol. The van der Waals surface area contributed by atoms with Crippen LogP contribution in [0.2, 0.25) is 0 Å². The van der Waals surface area contributed by atoms with Crippen LogP contribution in [0, 0.1) is 5.75 Å². The third-order valence-corrected chi connectivity index (χ3v) is 1.43. The van der Waals surface area contributed by atoms with E-state index >= 15 is 0 Å². The summed E-state index contributed by atoms with van der Waals surface area (Å²) in [6.45, 7) is 2.07. The lowest BCUT2D eigenvalue weighted by molar-refractivity contribution is 1.07. The molecule has 0 aromatic rings. The van der Waals surface area contributed by atoms with Gasteiger partial charge in [-0.1, -0.05) is 0 Å². The van der Waals surface area contributed by atoms with Gasteiger partial charge in [-0.25, -0.2) is 0 Å². The van der Waals surface area contributed by atoms with Crippen LogP contribution in [0.3, 0.4) is 0 Å². The molecule has 0 bridgehead atoms. The molecule has 0 aromatic carbocycles. The summed E-state index contributed by atoms with van der Waals surface area (Å²) in [7, 11) is 0. The molecule has 1 atom stereocenters. The summed E-state index contributed by atoms with van der Waals surface area (Å²) >= 11 is 1.75. The first-order valence-corrected chi connectivity index (χ1v) is 2.84. The highest BCUT2D eigenvalue weighted by molar-refractivity contribution is 8.02. The summed E-state index contributed by atoms with van der Waals surface area (Å²) in [4.78, 5) is 4.02. The van der Waals surface area contributed by atoms with Crippen molar-refractivity contribution in [2.24, 2.45) is 4.99 Å². The zero-order valence-corrected chi connectivity index (χ0v) is 4.40. The third-order valence-electron chi connectivity index (χ3n) is 0.632. The summed E-state index contributed by atoms with van der Waals surface area (Å²) in [6, 6.07) is 0. The largest absolute Gasteiger partial charge is 0.282 e. The van der Waals surface area contributed by atoms with Gasteiger partial charge in [0.05, 0.1) is 11.1 Å². The standard InChI is InChI=1S/C4H6NS/c1-4-5-2-3-6-4/h2-4H,1H3. The summed E-state index contributed by atoms with van der Waals surface area (Å²) in [6.07, 6.45) is 1.84. The van der Waals surface area contributed by atoms with Gasteiger partial charge in [0.1, 0.15) is 0 Å². The normalized spacial score (nSPS) is 31.8. The predicted molar refractivity (Wildman–Crippen MR) is 29.8 cm³/mol. The molecule has 0 spiro atoms. The molecule has 33 valence electrons. The van der Waals surface area contributed by atoms with Gasteiger partial charge in [0.2, 0.25) is 0 Å². The Labute approximate surface area is 41.8 Å². The molecule has 0 aromatic heterocycles. The first kappa shape index (κ1) is 4.19. The highest BCUT2D eigenvalue weighted by atomic mass is 32.2. The first-order chi connectivity index (χ1) is 2.89. The van der Waals surface area contributed by atoms with Crippen LogP contribution in [-0.4, -0.2) is 11.6 Å². The summed E-state index contributed by atoms with van der Waals surface area (Å²) in [5.74, 6) is 2.00. The number of rotatable bonds is 0. The molecule has 0 saturated carbocycles. The molecule has 1 aliphatic rings. The lowest BCUT2D eigenvalue weighted by Crippen LogP contribution is -1.78. The van der Waals surface area contributed by atoms with Gasteiger partial charge < -0.3 is 0 Å². The lowest BCUT2D eigenvalue weighted by Gasteiger charge is -1.88. The van der Waals surface area contributed by atoms with E-state index < -0.39 is 0 Å². The van der Waals surface area contributed by atoms with Gasteiger partial charge in [-0.2, -0.15) is 0 Å². The maximum atomic E-state index is 4.02. The average Bonchev–Trinajstić information content (AvgIpc) is 1.86. The van der Waals surface area contributed by atoms with Gasteiger partial charge in [-0.05, 0) is 6.92 Å². The molecule has 1 aliphatic heterocycles. The van der Waals surface area contributed by atoms with E-state index in [1.807, 2.05) is 12.0 Å². The van der Waals surface area contributed by atoms with Crippen molar-refractivity contribution < 1.29 is 0 Å². The number of hydrogen-bond donors (Lipinski definition) is 0. The van der Waals surface area contributed by atoms with Crippen molar-refractivity contribution in [1.29, 1.82) is 0 Å². The summed E-state index contributed by atoms with van der Waals surface area (Å²) < 4.78 is 0. The van der Waals surface area contributed by atoms with Crippen LogP contribution < -0.4 is 0 Å². The van der Waals surface area contributed by atoms with E-state index in [0.717, 1.165) is 0 Å². The van der Waals surface area contributed by atoms with Crippen molar-refractivity contribution in [1.82, 2.24) is 0 Å². The highest BCUT2D eigenvalue weighted by Gasteiger charge is 2.01. The summed E-state index contributed by atoms with van der Waals surface area (Å²) in [5.41, 5.74) is 0. The topological polar surface area (TPSA) is 12.4 Å². The number of hydrogen-bond acceptors (Lipinski definition) is 2. The van der Waals surface area contributed by atoms with E-state index in [1.54, 1.807) is 11.8 Å². The van der Waals surface area contributed by atoms with Gasteiger partial charge >= 0.3 is 0 Å². The van der Waals surface area contributed by atoms with Gasteiger partial charge in [-0.15, -0.1) is 11.8 Å². The molecule has 1 radical (unpaired) electrons. The van der Waals surface area contributed by atoms with Crippen LogP contribution >= 0.6 is 11.8 Å². The molecule has 0 saturated heterocycles. The zero-order chi connectivity index (χ0) is 4.41. The zero-order valence-electron chi connectivity index (χ0n) is 3.59. The molecule has 6 heavy (non-hydrogen) atoms. The molecular formula is C4H6NS. The van der Waals surface area contributed by atoms with Crippen LogP contribution in [0.15, 0.2) is 4.99 Å². The summed E-state index contributed by atoms with van der Waals surface area (Å²) in [5, 5.41) is 0.477. The second-order valence-electron chi connectivity index (χ2n) is 1.17. The van der Waals surface area contributed by atoms with Crippen LogP contribution in [0.25, 0.3) is 0 Å². The van der Waals surface area contributed by atoms with Crippen LogP contribution in [-0.2, 0) is 0 Å². The van der Waals surface area contributed by atoms with Crippen molar-refractivity contribution in [3.8, 4) is 0 Å². The number of aliphatic imine (C=N–C) groups is 1. The maximum absolute atomic E-state index is 4.02. The van der Waals surface area contributed by atoms with Crippen molar-refractivity contribution in [2.45, 2.75) is 12.3 Å². The Morgan fingerprint density at radius 2 is 2.67 bits per heavy atom. The fourth-order valence-corrected chi connectivity index (χ4v) is 0.849. The molecule has 0 aliphatic carbocycles. The average molecular weight is 100 g/mol. The first-order valence-electron chi connectivity index (χ1n) is 1.90. The fourth-order valence-electron chi connectivity index (χ4n) is 0.340. The Morgan fingerprint density at radius 3 is 2.83 bits per heavy atom. The second-order valence-corrected chi connectivity index (χ2v) is 2.40. The Bertz CT molecular complexity index is 69.9. The molecule has 0 amide bonds. The third kappa shape index (κ3) is 0.744. The number of nitrogens with zero attached hydrogens (tertiary/aromatic N) is 1. The molecule has 0 fully saturated rings. The van der Waals surface area contributed by atoms with E-state index in [2.05, 4.69) is 11.9 Å². The fraction of sp³-hybridized carbons (Fsp3) is 0.500. The van der Waals surface area contributed by atoms with Crippen LogP contribution in [0.5, 0.6) is 0 Å². The second kappa shape index (κ2) is 1.65. The minimum atomic E-state index is 0.477. The minimum Gasteiger partial charge on any atom is -0.282 e. The van der Waals surface area contributed by atoms with Crippen LogP contribution in [0.1, 0.15) is 6.92 Å². The molecule has 0 N–H and O–H groups in total.